The number of fused-ring (bicyclic) bond motifs is 1. The van der Waals surface area contributed by atoms with Gasteiger partial charge in [0.15, 0.2) is 5.78 Å². The minimum absolute atomic E-state index is 0.0789. The molecule has 2 heterocycles. The van der Waals surface area contributed by atoms with E-state index in [-0.39, 0.29) is 5.78 Å². The molecule has 0 bridgehead atoms. The first kappa shape index (κ1) is 15.5. The Hall–Kier alpha value is -3.01. The first-order valence-corrected chi connectivity index (χ1v) is 8.25. The predicted octanol–water partition coefficient (Wildman–Crippen LogP) is 4.65. The molecule has 4 nitrogen and oxygen atoms in total. The molecule has 0 amide bonds. The molecule has 0 saturated heterocycles. The third-order valence-electron chi connectivity index (χ3n) is 4.47. The van der Waals surface area contributed by atoms with E-state index in [0.29, 0.717) is 17.1 Å². The number of hydrogen-bond donors (Lipinski definition) is 1. The van der Waals surface area contributed by atoms with Crippen LogP contribution in [0, 0.1) is 0 Å². The summed E-state index contributed by atoms with van der Waals surface area (Å²) < 4.78 is 11.8. The van der Waals surface area contributed by atoms with Crippen LogP contribution in [0.1, 0.15) is 20.8 Å². The van der Waals surface area contributed by atoms with Gasteiger partial charge in [-0.15, -0.1) is 0 Å². The lowest BCUT2D eigenvalue weighted by molar-refractivity contribution is -0.115. The standard InChI is InChI=1S/C21H19NO3/c1-13-12-21(20(14(2)23)15(3)24-13)22-18-11-17(9-10-19(18)25-21)16-7-5-4-6-8-16/h4-12,22H,1-3H3/t21-/m1/s1. The van der Waals surface area contributed by atoms with Gasteiger partial charge >= 0.3 is 0 Å². The number of allylic oxidation sites excluding steroid dienone is 2. The van der Waals surface area contributed by atoms with E-state index in [2.05, 4.69) is 17.4 Å². The number of benzene rings is 2. The van der Waals surface area contributed by atoms with E-state index >= 15 is 0 Å². The number of ketones is 1. The van der Waals surface area contributed by atoms with Gasteiger partial charge in [-0.3, -0.25) is 4.79 Å². The zero-order valence-corrected chi connectivity index (χ0v) is 14.4. The van der Waals surface area contributed by atoms with Crippen LogP contribution in [0.2, 0.25) is 0 Å². The van der Waals surface area contributed by atoms with E-state index in [4.69, 9.17) is 9.47 Å². The maximum Gasteiger partial charge on any atom is 0.237 e. The number of anilines is 1. The number of Topliss-reactive ketones (excluding diaryl/α,β-unsaturated/α-hetero) is 1. The smallest absolute Gasteiger partial charge is 0.237 e. The largest absolute Gasteiger partial charge is 0.466 e. The molecule has 2 aromatic carbocycles. The van der Waals surface area contributed by atoms with Crippen LogP contribution in [0.25, 0.3) is 11.1 Å². The summed E-state index contributed by atoms with van der Waals surface area (Å²) in [6, 6.07) is 16.2. The minimum atomic E-state index is -1.00. The molecule has 2 aliphatic heterocycles. The van der Waals surface area contributed by atoms with E-state index in [1.807, 2.05) is 49.4 Å². The molecule has 2 aliphatic rings. The number of ether oxygens (including phenoxy) is 2. The Morgan fingerprint density at radius 1 is 1.04 bits per heavy atom. The fourth-order valence-corrected chi connectivity index (χ4v) is 3.56. The van der Waals surface area contributed by atoms with Crippen molar-refractivity contribution in [2.24, 2.45) is 0 Å². The van der Waals surface area contributed by atoms with E-state index in [0.717, 1.165) is 22.6 Å². The number of rotatable bonds is 2. The maximum atomic E-state index is 12.2. The molecule has 0 saturated carbocycles. The molecule has 2 aromatic rings. The van der Waals surface area contributed by atoms with Crippen molar-refractivity contribution in [3.63, 3.8) is 0 Å². The van der Waals surface area contributed by atoms with Crippen LogP contribution in [0.15, 0.2) is 71.7 Å². The Kier molecular flexibility index (Phi) is 3.42. The van der Waals surface area contributed by atoms with Gasteiger partial charge in [0.05, 0.1) is 5.69 Å². The molecule has 4 rings (SSSR count). The summed E-state index contributed by atoms with van der Waals surface area (Å²) in [6.45, 7) is 5.17. The van der Waals surface area contributed by atoms with Gasteiger partial charge in [0.25, 0.3) is 0 Å². The average molecular weight is 333 g/mol. The van der Waals surface area contributed by atoms with Gasteiger partial charge < -0.3 is 14.8 Å². The normalized spacial score (nSPS) is 21.2. The van der Waals surface area contributed by atoms with Crippen molar-refractivity contribution >= 4 is 11.5 Å². The molecule has 0 radical (unpaired) electrons. The number of carbonyl (C=O) groups is 1. The summed E-state index contributed by atoms with van der Waals surface area (Å²) in [6.07, 6.45) is 1.82. The molecule has 1 spiro atoms. The Bertz CT molecular complexity index is 927. The van der Waals surface area contributed by atoms with Gasteiger partial charge in [-0.05, 0) is 44.0 Å². The third kappa shape index (κ3) is 2.50. The SMILES string of the molecule is CC(=O)C1=C(C)OC(C)=C[C@]12Nc1cc(-c3ccccc3)ccc1O2. The molecule has 0 fully saturated rings. The number of hydrogen-bond acceptors (Lipinski definition) is 4. The molecule has 4 heteroatoms. The highest BCUT2D eigenvalue weighted by atomic mass is 16.5. The van der Waals surface area contributed by atoms with Crippen LogP contribution in [0.4, 0.5) is 5.69 Å². The van der Waals surface area contributed by atoms with Crippen molar-refractivity contribution in [3.05, 3.63) is 71.7 Å². The molecular formula is C21H19NO3. The summed E-state index contributed by atoms with van der Waals surface area (Å²) >= 11 is 0. The van der Waals surface area contributed by atoms with Crippen molar-refractivity contribution in [2.75, 3.05) is 5.32 Å². The summed E-state index contributed by atoms with van der Waals surface area (Å²) in [4.78, 5) is 12.2. The molecular weight excluding hydrogens is 314 g/mol. The highest BCUT2D eigenvalue weighted by Crippen LogP contribution is 2.45. The fraction of sp³-hybridized carbons (Fsp3) is 0.190. The molecule has 1 atom stereocenters. The summed E-state index contributed by atoms with van der Waals surface area (Å²) in [7, 11) is 0. The first-order valence-electron chi connectivity index (χ1n) is 8.25. The molecule has 0 aliphatic carbocycles. The van der Waals surface area contributed by atoms with Crippen LogP contribution in [-0.4, -0.2) is 11.5 Å². The van der Waals surface area contributed by atoms with Crippen molar-refractivity contribution in [1.29, 1.82) is 0 Å². The average Bonchev–Trinajstić information content (AvgIpc) is 2.90. The molecule has 0 unspecified atom stereocenters. The van der Waals surface area contributed by atoms with Crippen LogP contribution in [0.5, 0.6) is 5.75 Å². The van der Waals surface area contributed by atoms with E-state index in [1.165, 1.54) is 6.92 Å². The number of carbonyl (C=O) groups excluding carboxylic acids is 1. The first-order chi connectivity index (χ1) is 12.0. The van der Waals surface area contributed by atoms with Crippen molar-refractivity contribution in [1.82, 2.24) is 0 Å². The second-order valence-electron chi connectivity index (χ2n) is 6.38. The maximum absolute atomic E-state index is 12.2. The fourth-order valence-electron chi connectivity index (χ4n) is 3.56. The zero-order chi connectivity index (χ0) is 17.6. The topological polar surface area (TPSA) is 47.6 Å². The minimum Gasteiger partial charge on any atom is -0.466 e. The predicted molar refractivity (Wildman–Crippen MR) is 97.1 cm³/mol. The zero-order valence-electron chi connectivity index (χ0n) is 14.4. The Morgan fingerprint density at radius 2 is 1.80 bits per heavy atom. The lowest BCUT2D eigenvalue weighted by Gasteiger charge is -2.32. The second-order valence-corrected chi connectivity index (χ2v) is 6.38. The lowest BCUT2D eigenvalue weighted by atomic mass is 9.95. The number of nitrogens with one attached hydrogen (secondary N) is 1. The Balaban J connectivity index is 1.78. The van der Waals surface area contributed by atoms with Gasteiger partial charge in [-0.1, -0.05) is 36.4 Å². The van der Waals surface area contributed by atoms with Crippen molar-refractivity contribution in [3.8, 4) is 16.9 Å². The van der Waals surface area contributed by atoms with E-state index in [1.54, 1.807) is 6.92 Å². The van der Waals surface area contributed by atoms with Gasteiger partial charge in [0, 0.05) is 6.08 Å². The van der Waals surface area contributed by atoms with Crippen molar-refractivity contribution in [2.45, 2.75) is 26.5 Å². The summed E-state index contributed by atoms with van der Waals surface area (Å²) in [5.74, 6) is 1.91. The Labute approximate surface area is 146 Å². The second kappa shape index (κ2) is 5.52. The highest BCUT2D eigenvalue weighted by molar-refractivity contribution is 5.98. The van der Waals surface area contributed by atoms with Crippen LogP contribution in [0.3, 0.4) is 0 Å². The summed E-state index contributed by atoms with van der Waals surface area (Å²) in [5, 5.41) is 3.39. The quantitative estimate of drug-likeness (QED) is 0.869. The monoisotopic (exact) mass is 333 g/mol. The molecule has 1 N–H and O–H groups in total. The molecule has 25 heavy (non-hydrogen) atoms. The molecule has 126 valence electrons. The van der Waals surface area contributed by atoms with Gasteiger partial charge in [0.2, 0.25) is 5.72 Å². The van der Waals surface area contributed by atoms with Crippen LogP contribution < -0.4 is 10.1 Å². The van der Waals surface area contributed by atoms with Crippen molar-refractivity contribution < 1.29 is 14.3 Å². The summed E-state index contributed by atoms with van der Waals surface area (Å²) in [5.41, 5.74) is 2.57. The van der Waals surface area contributed by atoms with Crippen LogP contribution in [-0.2, 0) is 9.53 Å². The lowest BCUT2D eigenvalue weighted by Crippen LogP contribution is -2.45. The van der Waals surface area contributed by atoms with Gasteiger partial charge in [-0.2, -0.15) is 0 Å². The van der Waals surface area contributed by atoms with Gasteiger partial charge in [0.1, 0.15) is 22.8 Å². The van der Waals surface area contributed by atoms with E-state index in [9.17, 15) is 4.79 Å². The highest BCUT2D eigenvalue weighted by Gasteiger charge is 2.46. The van der Waals surface area contributed by atoms with E-state index < -0.39 is 5.72 Å². The van der Waals surface area contributed by atoms with Gasteiger partial charge in [-0.25, -0.2) is 0 Å². The third-order valence-corrected chi connectivity index (χ3v) is 4.47. The Morgan fingerprint density at radius 3 is 2.52 bits per heavy atom. The van der Waals surface area contributed by atoms with Crippen LogP contribution >= 0.6 is 0 Å². The molecule has 0 aromatic heterocycles.